The molecule has 0 aliphatic rings. The van der Waals surface area contributed by atoms with E-state index in [1.807, 2.05) is 0 Å². The summed E-state index contributed by atoms with van der Waals surface area (Å²) in [6, 6.07) is 8.71. The molecule has 3 aromatic rings. The monoisotopic (exact) mass is 314 g/mol. The molecule has 0 bridgehead atoms. The molecule has 1 heterocycles. The molecule has 0 saturated heterocycles. The summed E-state index contributed by atoms with van der Waals surface area (Å²) in [4.78, 5) is 12.3. The standard InChI is InChI=1S/C17H14O6/c1-21-10-3-4-11(14(7-10)22-2)15-8-13(20)17-12(19)5-9(18)6-16(17)23-15/h3-8,18-19H,1-2H3. The Morgan fingerprint density at radius 3 is 2.48 bits per heavy atom. The van der Waals surface area contributed by atoms with E-state index in [9.17, 15) is 15.0 Å². The Morgan fingerprint density at radius 2 is 1.78 bits per heavy atom. The molecule has 6 heteroatoms. The summed E-state index contributed by atoms with van der Waals surface area (Å²) in [5.41, 5.74) is 0.217. The van der Waals surface area contributed by atoms with Crippen molar-refractivity contribution in [3.8, 4) is 34.3 Å². The van der Waals surface area contributed by atoms with Crippen LogP contribution in [0.5, 0.6) is 23.0 Å². The van der Waals surface area contributed by atoms with Gasteiger partial charge in [0.15, 0.2) is 5.43 Å². The SMILES string of the molecule is COc1ccc(-c2cc(=O)c3c(O)cc(O)cc3o2)c(OC)c1. The second-order valence-corrected chi connectivity index (χ2v) is 4.88. The molecule has 2 N–H and O–H groups in total. The third-order valence-corrected chi connectivity index (χ3v) is 3.47. The van der Waals surface area contributed by atoms with Gasteiger partial charge in [0.2, 0.25) is 0 Å². The number of aromatic hydroxyl groups is 2. The van der Waals surface area contributed by atoms with Crippen LogP contribution in [0.1, 0.15) is 0 Å². The van der Waals surface area contributed by atoms with E-state index in [0.717, 1.165) is 6.07 Å². The van der Waals surface area contributed by atoms with Crippen molar-refractivity contribution in [2.45, 2.75) is 0 Å². The number of ether oxygens (including phenoxy) is 2. The number of hydrogen-bond donors (Lipinski definition) is 2. The van der Waals surface area contributed by atoms with Gasteiger partial charge in [-0.2, -0.15) is 0 Å². The average molecular weight is 314 g/mol. The van der Waals surface area contributed by atoms with Crippen LogP contribution >= 0.6 is 0 Å². The Bertz CT molecular complexity index is 942. The van der Waals surface area contributed by atoms with Crippen LogP contribution in [-0.2, 0) is 0 Å². The van der Waals surface area contributed by atoms with E-state index in [2.05, 4.69) is 0 Å². The zero-order valence-corrected chi connectivity index (χ0v) is 12.5. The van der Waals surface area contributed by atoms with Crippen molar-refractivity contribution in [1.29, 1.82) is 0 Å². The quantitative estimate of drug-likeness (QED) is 0.772. The maximum Gasteiger partial charge on any atom is 0.197 e. The molecule has 2 aromatic carbocycles. The molecule has 0 unspecified atom stereocenters. The van der Waals surface area contributed by atoms with Gasteiger partial charge in [-0.05, 0) is 12.1 Å². The van der Waals surface area contributed by atoms with Crippen LogP contribution in [0.4, 0.5) is 0 Å². The highest BCUT2D eigenvalue weighted by Crippen LogP contribution is 2.35. The van der Waals surface area contributed by atoms with Gasteiger partial charge in [0.1, 0.15) is 39.7 Å². The molecule has 0 atom stereocenters. The fraction of sp³-hybridized carbons (Fsp3) is 0.118. The fourth-order valence-corrected chi connectivity index (χ4v) is 2.39. The van der Waals surface area contributed by atoms with E-state index in [-0.39, 0.29) is 28.2 Å². The zero-order chi connectivity index (χ0) is 16.6. The number of rotatable bonds is 3. The topological polar surface area (TPSA) is 89.1 Å². The van der Waals surface area contributed by atoms with Gasteiger partial charge in [-0.1, -0.05) is 0 Å². The first-order chi connectivity index (χ1) is 11.0. The first-order valence-corrected chi connectivity index (χ1v) is 6.75. The van der Waals surface area contributed by atoms with Gasteiger partial charge >= 0.3 is 0 Å². The summed E-state index contributed by atoms with van der Waals surface area (Å²) in [6.07, 6.45) is 0. The van der Waals surface area contributed by atoms with Crippen molar-refractivity contribution >= 4 is 11.0 Å². The van der Waals surface area contributed by atoms with E-state index in [4.69, 9.17) is 13.9 Å². The largest absolute Gasteiger partial charge is 0.508 e. The molecule has 6 nitrogen and oxygen atoms in total. The molecule has 0 aliphatic carbocycles. The van der Waals surface area contributed by atoms with Gasteiger partial charge in [-0.25, -0.2) is 0 Å². The molecule has 0 radical (unpaired) electrons. The molecule has 118 valence electrons. The highest BCUT2D eigenvalue weighted by atomic mass is 16.5. The van der Waals surface area contributed by atoms with E-state index in [0.29, 0.717) is 17.1 Å². The molecule has 23 heavy (non-hydrogen) atoms. The molecule has 0 amide bonds. The van der Waals surface area contributed by atoms with Crippen LogP contribution in [-0.4, -0.2) is 24.4 Å². The highest BCUT2D eigenvalue weighted by molar-refractivity contribution is 5.86. The lowest BCUT2D eigenvalue weighted by atomic mass is 10.1. The Morgan fingerprint density at radius 1 is 1.00 bits per heavy atom. The molecule has 0 saturated carbocycles. The highest BCUT2D eigenvalue weighted by Gasteiger charge is 2.15. The smallest absolute Gasteiger partial charge is 0.197 e. The van der Waals surface area contributed by atoms with Crippen LogP contribution in [0, 0.1) is 0 Å². The van der Waals surface area contributed by atoms with Gasteiger partial charge < -0.3 is 24.1 Å². The first kappa shape index (κ1) is 14.8. The van der Waals surface area contributed by atoms with Crippen LogP contribution in [0.25, 0.3) is 22.3 Å². The van der Waals surface area contributed by atoms with Gasteiger partial charge in [0.25, 0.3) is 0 Å². The van der Waals surface area contributed by atoms with Gasteiger partial charge in [0, 0.05) is 24.3 Å². The lowest BCUT2D eigenvalue weighted by Gasteiger charge is -2.10. The molecule has 0 fully saturated rings. The summed E-state index contributed by atoms with van der Waals surface area (Å²) < 4.78 is 16.1. The Labute approximate surface area is 131 Å². The van der Waals surface area contributed by atoms with Gasteiger partial charge in [-0.15, -0.1) is 0 Å². The second-order valence-electron chi connectivity index (χ2n) is 4.88. The molecule has 0 spiro atoms. The number of fused-ring (bicyclic) bond motifs is 1. The van der Waals surface area contributed by atoms with Crippen molar-refractivity contribution < 1.29 is 24.1 Å². The van der Waals surface area contributed by atoms with E-state index >= 15 is 0 Å². The summed E-state index contributed by atoms with van der Waals surface area (Å²) >= 11 is 0. The summed E-state index contributed by atoms with van der Waals surface area (Å²) in [6.45, 7) is 0. The Balaban J connectivity index is 2.27. The summed E-state index contributed by atoms with van der Waals surface area (Å²) in [5.74, 6) is 0.797. The minimum atomic E-state index is -0.420. The normalized spacial score (nSPS) is 10.7. The van der Waals surface area contributed by atoms with Gasteiger partial charge in [-0.3, -0.25) is 4.79 Å². The zero-order valence-electron chi connectivity index (χ0n) is 12.5. The molecular weight excluding hydrogens is 300 g/mol. The van der Waals surface area contributed by atoms with Gasteiger partial charge in [0.05, 0.1) is 19.8 Å². The lowest BCUT2D eigenvalue weighted by molar-refractivity contribution is 0.394. The third-order valence-electron chi connectivity index (χ3n) is 3.47. The van der Waals surface area contributed by atoms with Crippen LogP contribution in [0.2, 0.25) is 0 Å². The second kappa shape index (κ2) is 5.57. The number of methoxy groups -OCH3 is 2. The van der Waals surface area contributed by atoms with Crippen molar-refractivity contribution in [2.24, 2.45) is 0 Å². The number of hydrogen-bond acceptors (Lipinski definition) is 6. The summed E-state index contributed by atoms with van der Waals surface area (Å²) in [7, 11) is 3.03. The number of phenolic OH excluding ortho intramolecular Hbond substituents is 2. The minimum absolute atomic E-state index is 0.0130. The van der Waals surface area contributed by atoms with Crippen LogP contribution in [0.15, 0.2) is 45.6 Å². The summed E-state index contributed by atoms with van der Waals surface area (Å²) in [5, 5.41) is 19.4. The third kappa shape index (κ3) is 2.55. The van der Waals surface area contributed by atoms with Crippen molar-refractivity contribution in [1.82, 2.24) is 0 Å². The molecule has 3 rings (SSSR count). The Kier molecular flexibility index (Phi) is 3.57. The van der Waals surface area contributed by atoms with E-state index in [1.54, 1.807) is 18.2 Å². The predicted molar refractivity (Wildman–Crippen MR) is 84.4 cm³/mol. The average Bonchev–Trinajstić information content (AvgIpc) is 2.52. The van der Waals surface area contributed by atoms with E-state index < -0.39 is 5.43 Å². The maximum absolute atomic E-state index is 12.3. The van der Waals surface area contributed by atoms with E-state index in [1.165, 1.54) is 26.4 Å². The van der Waals surface area contributed by atoms with Crippen molar-refractivity contribution in [2.75, 3.05) is 14.2 Å². The Hall–Kier alpha value is -3.15. The van der Waals surface area contributed by atoms with Crippen LogP contribution in [0.3, 0.4) is 0 Å². The molecule has 0 aliphatic heterocycles. The maximum atomic E-state index is 12.3. The lowest BCUT2D eigenvalue weighted by Crippen LogP contribution is -2.01. The number of benzene rings is 2. The first-order valence-electron chi connectivity index (χ1n) is 6.75. The van der Waals surface area contributed by atoms with Crippen LogP contribution < -0.4 is 14.9 Å². The predicted octanol–water partition coefficient (Wildman–Crippen LogP) is 2.89. The van der Waals surface area contributed by atoms with Crippen molar-refractivity contribution in [3.05, 3.63) is 46.6 Å². The molecule has 1 aromatic heterocycles. The molecular formula is C17H14O6. The minimum Gasteiger partial charge on any atom is -0.508 e. The fourth-order valence-electron chi connectivity index (χ4n) is 2.39. The number of phenols is 2. The van der Waals surface area contributed by atoms with Crippen molar-refractivity contribution in [3.63, 3.8) is 0 Å².